The van der Waals surface area contributed by atoms with Crippen molar-refractivity contribution in [1.82, 2.24) is 0 Å². The smallest absolute Gasteiger partial charge is 0.295 e. The van der Waals surface area contributed by atoms with E-state index in [-0.39, 0.29) is 17.8 Å². The number of nitrogens with zero attached hydrogens (tertiary/aromatic N) is 1. The summed E-state index contributed by atoms with van der Waals surface area (Å²) in [4.78, 5) is 15.8. The van der Waals surface area contributed by atoms with Gasteiger partial charge < -0.3 is 0 Å². The number of carbonyl (C=O) groups is 1. The Balaban J connectivity index is 0.000000308. The van der Waals surface area contributed by atoms with Crippen molar-refractivity contribution >= 4 is 11.5 Å². The lowest BCUT2D eigenvalue weighted by Gasteiger charge is -2.11. The lowest BCUT2D eigenvalue weighted by Crippen LogP contribution is -2.09. The minimum Gasteiger partial charge on any atom is -0.295 e. The molecular formula is C35H43F4NO. The molecule has 0 aliphatic rings. The van der Waals surface area contributed by atoms with Gasteiger partial charge in [-0.3, -0.25) is 9.79 Å². The van der Waals surface area contributed by atoms with Gasteiger partial charge in [-0.25, -0.2) is 4.39 Å². The average molecular weight is 570 g/mol. The summed E-state index contributed by atoms with van der Waals surface area (Å²) in [6.07, 6.45) is -1.64. The summed E-state index contributed by atoms with van der Waals surface area (Å²) >= 11 is 0. The second-order valence-electron chi connectivity index (χ2n) is 9.82. The van der Waals surface area contributed by atoms with Crippen LogP contribution >= 0.6 is 0 Å². The number of halogens is 4. The van der Waals surface area contributed by atoms with E-state index in [1.807, 2.05) is 20.8 Å². The van der Waals surface area contributed by atoms with E-state index in [0.717, 1.165) is 42.3 Å². The minimum absolute atomic E-state index is 0.0924. The molecule has 0 unspecified atom stereocenters. The predicted octanol–water partition coefficient (Wildman–Crippen LogP) is 10.8. The molecule has 0 spiro atoms. The van der Waals surface area contributed by atoms with Crippen LogP contribution in [0.2, 0.25) is 0 Å². The van der Waals surface area contributed by atoms with Crippen molar-refractivity contribution in [3.8, 4) is 0 Å². The maximum atomic E-state index is 13.0. The molecule has 0 saturated heterocycles. The van der Waals surface area contributed by atoms with Gasteiger partial charge in [0.15, 0.2) is 5.78 Å². The Morgan fingerprint density at radius 1 is 0.805 bits per heavy atom. The molecule has 0 bridgehead atoms. The van der Waals surface area contributed by atoms with Crippen molar-refractivity contribution < 1.29 is 22.4 Å². The van der Waals surface area contributed by atoms with Gasteiger partial charge in [0.25, 0.3) is 0 Å². The quantitative estimate of drug-likeness (QED) is 0.151. The Bertz CT molecular complexity index is 1220. The molecule has 0 aliphatic carbocycles. The van der Waals surface area contributed by atoms with E-state index >= 15 is 0 Å². The summed E-state index contributed by atoms with van der Waals surface area (Å²) in [5.74, 6) is -0.518. The number of benzene rings is 3. The van der Waals surface area contributed by atoms with Gasteiger partial charge in [0.2, 0.25) is 0 Å². The van der Waals surface area contributed by atoms with Gasteiger partial charge >= 0.3 is 6.18 Å². The molecule has 0 heterocycles. The van der Waals surface area contributed by atoms with E-state index < -0.39 is 17.6 Å². The molecule has 6 heteroatoms. The van der Waals surface area contributed by atoms with Gasteiger partial charge in [-0.15, -0.1) is 0 Å². The van der Waals surface area contributed by atoms with Crippen LogP contribution in [0.1, 0.15) is 95.9 Å². The lowest BCUT2D eigenvalue weighted by molar-refractivity contribution is -0.140. The topological polar surface area (TPSA) is 29.4 Å². The first-order chi connectivity index (χ1) is 19.4. The molecule has 0 atom stereocenters. The number of hydrogen-bond donors (Lipinski definition) is 0. The molecule has 222 valence electrons. The number of carbonyl (C=O) groups excluding carboxylic acids is 1. The number of ketones is 1. The van der Waals surface area contributed by atoms with Crippen molar-refractivity contribution in [2.75, 3.05) is 0 Å². The highest BCUT2D eigenvalue weighted by molar-refractivity contribution is 5.94. The molecule has 0 radical (unpaired) electrons. The zero-order chi connectivity index (χ0) is 31.0. The molecule has 0 amide bonds. The highest BCUT2D eigenvalue weighted by Gasteiger charge is 2.34. The monoisotopic (exact) mass is 569 g/mol. The molecular weight excluding hydrogens is 526 g/mol. The van der Waals surface area contributed by atoms with E-state index in [1.165, 1.54) is 23.3 Å². The molecule has 41 heavy (non-hydrogen) atoms. The first kappa shape index (κ1) is 35.5. The van der Waals surface area contributed by atoms with Gasteiger partial charge in [-0.2, -0.15) is 13.2 Å². The third kappa shape index (κ3) is 12.2. The summed E-state index contributed by atoms with van der Waals surface area (Å²) in [6.45, 7) is 13.5. The Labute approximate surface area is 243 Å². The first-order valence-corrected chi connectivity index (χ1v) is 14.1. The number of alkyl halides is 3. The minimum atomic E-state index is -4.60. The highest BCUT2D eigenvalue weighted by atomic mass is 19.4. The van der Waals surface area contributed by atoms with Crippen LogP contribution in [0.5, 0.6) is 0 Å². The normalized spacial score (nSPS) is 11.4. The molecule has 3 rings (SSSR count). The largest absolute Gasteiger partial charge is 0.419 e. The maximum Gasteiger partial charge on any atom is 0.419 e. The van der Waals surface area contributed by atoms with Crippen molar-refractivity contribution in [3.05, 3.63) is 118 Å². The molecule has 0 saturated carbocycles. The molecule has 3 aromatic carbocycles. The zero-order valence-corrected chi connectivity index (χ0v) is 25.3. The van der Waals surface area contributed by atoms with Crippen LogP contribution in [-0.2, 0) is 17.4 Å². The number of Topliss-reactive ketones (excluding diaryl/α,β-unsaturated/α-hetero) is 1. The number of rotatable bonds is 8. The van der Waals surface area contributed by atoms with Gasteiger partial charge in [0.1, 0.15) is 5.82 Å². The SMILES string of the molecule is CC(c1ccccc1)c1ccccc1.CCC/C(N=C(C)C)=C(\CC)C(C)=O.CCc1cccc(C(F)(F)F)c1F. The molecule has 0 aromatic heterocycles. The Hall–Kier alpha value is -3.54. The summed E-state index contributed by atoms with van der Waals surface area (Å²) in [5.41, 5.74) is 4.52. The second-order valence-corrected chi connectivity index (χ2v) is 9.82. The second kappa shape index (κ2) is 18.0. The number of hydrogen-bond acceptors (Lipinski definition) is 2. The van der Waals surface area contributed by atoms with Crippen LogP contribution in [0.3, 0.4) is 0 Å². The first-order valence-electron chi connectivity index (χ1n) is 14.1. The number of aliphatic imine (C=N–C) groups is 1. The van der Waals surface area contributed by atoms with Crippen molar-refractivity contribution in [3.63, 3.8) is 0 Å². The van der Waals surface area contributed by atoms with Crippen molar-refractivity contribution in [1.29, 1.82) is 0 Å². The maximum absolute atomic E-state index is 13.0. The molecule has 3 aromatic rings. The van der Waals surface area contributed by atoms with E-state index in [0.29, 0.717) is 5.92 Å². The van der Waals surface area contributed by atoms with E-state index in [9.17, 15) is 22.4 Å². The molecule has 0 N–H and O–H groups in total. The van der Waals surface area contributed by atoms with E-state index in [2.05, 4.69) is 79.5 Å². The zero-order valence-electron chi connectivity index (χ0n) is 25.3. The van der Waals surface area contributed by atoms with Crippen LogP contribution in [-0.4, -0.2) is 11.5 Å². The fourth-order valence-electron chi connectivity index (χ4n) is 4.18. The van der Waals surface area contributed by atoms with Crippen LogP contribution in [0.15, 0.2) is 95.1 Å². The Kier molecular flexibility index (Phi) is 15.6. The molecule has 0 fully saturated rings. The van der Waals surface area contributed by atoms with Gasteiger partial charge in [0.05, 0.1) is 5.56 Å². The average Bonchev–Trinajstić information content (AvgIpc) is 2.94. The third-order valence-electron chi connectivity index (χ3n) is 6.34. The third-order valence-corrected chi connectivity index (χ3v) is 6.34. The summed E-state index contributed by atoms with van der Waals surface area (Å²) in [7, 11) is 0. The van der Waals surface area contributed by atoms with Gasteiger partial charge in [-0.05, 0) is 62.8 Å². The lowest BCUT2D eigenvalue weighted by atomic mass is 9.93. The van der Waals surface area contributed by atoms with Crippen LogP contribution in [0.4, 0.5) is 17.6 Å². The number of allylic oxidation sites excluding steroid dienone is 2. The van der Waals surface area contributed by atoms with Gasteiger partial charge in [0, 0.05) is 22.9 Å². The summed E-state index contributed by atoms with van der Waals surface area (Å²) < 4.78 is 49.4. The predicted molar refractivity (Wildman–Crippen MR) is 163 cm³/mol. The molecule has 2 nitrogen and oxygen atoms in total. The Morgan fingerprint density at radius 2 is 1.32 bits per heavy atom. The Morgan fingerprint density at radius 3 is 1.68 bits per heavy atom. The number of aryl methyl sites for hydroxylation is 1. The standard InChI is InChI=1S/C14H14.C12H21NO.C9H8F4/c1-12(13-8-4-2-5-9-13)14-10-6-3-7-11-14;1-6-8-12(13-9(3)4)11(7-2)10(5)14;1-2-6-4-3-5-7(8(6)10)9(11,12)13/h2-12H,1H3;6-8H2,1-5H3;3-5H,2H2,1H3/b;12-11-;. The summed E-state index contributed by atoms with van der Waals surface area (Å²) in [6, 6.07) is 24.5. The van der Waals surface area contributed by atoms with Crippen LogP contribution in [0, 0.1) is 5.82 Å². The van der Waals surface area contributed by atoms with Crippen LogP contribution < -0.4 is 0 Å². The fourth-order valence-corrected chi connectivity index (χ4v) is 4.18. The van der Waals surface area contributed by atoms with E-state index in [1.54, 1.807) is 13.8 Å². The van der Waals surface area contributed by atoms with Crippen molar-refractivity contribution in [2.24, 2.45) is 4.99 Å². The van der Waals surface area contributed by atoms with Crippen LogP contribution in [0.25, 0.3) is 0 Å². The van der Waals surface area contributed by atoms with Crippen molar-refractivity contribution in [2.45, 2.75) is 86.2 Å². The van der Waals surface area contributed by atoms with E-state index in [4.69, 9.17) is 0 Å². The highest BCUT2D eigenvalue weighted by Crippen LogP contribution is 2.32. The summed E-state index contributed by atoms with van der Waals surface area (Å²) in [5, 5.41) is 0. The van der Waals surface area contributed by atoms with Gasteiger partial charge in [-0.1, -0.05) is 107 Å². The molecule has 0 aliphatic heterocycles. The fraction of sp³-hybridized carbons (Fsp3) is 0.371.